The van der Waals surface area contributed by atoms with Crippen molar-refractivity contribution in [3.8, 4) is 0 Å². The summed E-state index contributed by atoms with van der Waals surface area (Å²) < 4.78 is 2.48. The normalized spacial score (nSPS) is 31.5. The molecule has 3 rings (SSSR count). The molecule has 18 heavy (non-hydrogen) atoms. The smallest absolute Gasteiger partial charge is 0.0382 e. The van der Waals surface area contributed by atoms with Crippen LogP contribution in [0.1, 0.15) is 32.1 Å². The number of nitrogens with two attached hydrogens (primary N) is 1. The number of anilines is 1. The topological polar surface area (TPSA) is 29.3 Å². The first-order valence-electron chi connectivity index (χ1n) is 6.64. The molecule has 2 aliphatic rings. The van der Waals surface area contributed by atoms with Gasteiger partial charge in [-0.15, -0.1) is 0 Å². The summed E-state index contributed by atoms with van der Waals surface area (Å²) in [6.07, 6.45) is 6.28. The van der Waals surface area contributed by atoms with E-state index in [-0.39, 0.29) is 0 Å². The number of hydrogen-bond donors (Lipinski definition) is 1. The molecule has 4 heteroatoms. The monoisotopic (exact) mass is 420 g/mol. The fourth-order valence-electron chi connectivity index (χ4n) is 3.49. The van der Waals surface area contributed by atoms with Gasteiger partial charge in [0.1, 0.15) is 0 Å². The van der Waals surface area contributed by atoms with E-state index in [2.05, 4.69) is 61.6 Å². The Morgan fingerprint density at radius 1 is 1.22 bits per heavy atom. The molecule has 1 aromatic carbocycles. The van der Waals surface area contributed by atoms with E-state index in [1.165, 1.54) is 33.0 Å². The average Bonchev–Trinajstić information content (AvgIpc) is 2.32. The molecule has 0 spiro atoms. The highest BCUT2D eigenvalue weighted by Gasteiger charge is 2.37. The lowest BCUT2D eigenvalue weighted by atomic mass is 9.81. The van der Waals surface area contributed by atoms with Crippen molar-refractivity contribution in [2.45, 2.75) is 50.2 Å². The van der Waals surface area contributed by atoms with Crippen LogP contribution in [0, 0.1) is 3.57 Å². The van der Waals surface area contributed by atoms with Crippen molar-refractivity contribution in [1.29, 1.82) is 0 Å². The van der Waals surface area contributed by atoms with Crippen molar-refractivity contribution >= 4 is 44.2 Å². The minimum absolute atomic E-state index is 0.408. The van der Waals surface area contributed by atoms with Gasteiger partial charge in [0, 0.05) is 31.9 Å². The maximum Gasteiger partial charge on any atom is 0.0382 e. The SMILES string of the molecule is NC1CC2CCCC(C1)N2c1ccc(Br)c(I)c1. The van der Waals surface area contributed by atoms with Crippen LogP contribution in [0.25, 0.3) is 0 Å². The fourth-order valence-corrected chi connectivity index (χ4v) is 4.24. The Hall–Kier alpha value is 0.190. The van der Waals surface area contributed by atoms with E-state index in [0.717, 1.165) is 12.8 Å². The van der Waals surface area contributed by atoms with Crippen molar-refractivity contribution in [2.24, 2.45) is 5.73 Å². The van der Waals surface area contributed by atoms with Gasteiger partial charge in [0.05, 0.1) is 0 Å². The zero-order valence-electron chi connectivity index (χ0n) is 10.3. The lowest BCUT2D eigenvalue weighted by molar-refractivity contribution is 0.271. The van der Waals surface area contributed by atoms with Gasteiger partial charge in [0.25, 0.3) is 0 Å². The van der Waals surface area contributed by atoms with Gasteiger partial charge in [-0.2, -0.15) is 0 Å². The molecule has 2 bridgehead atoms. The molecule has 2 heterocycles. The number of halogens is 2. The molecule has 1 aromatic rings. The Balaban J connectivity index is 1.92. The van der Waals surface area contributed by atoms with E-state index < -0.39 is 0 Å². The maximum atomic E-state index is 6.18. The molecule has 0 aliphatic carbocycles. The second-order valence-corrected chi connectivity index (χ2v) is 7.49. The molecule has 98 valence electrons. The summed E-state index contributed by atoms with van der Waals surface area (Å²) in [5, 5.41) is 0. The first-order chi connectivity index (χ1) is 8.65. The lowest BCUT2D eigenvalue weighted by Gasteiger charge is -2.49. The Labute approximate surface area is 131 Å². The molecule has 2 aliphatic heterocycles. The maximum absolute atomic E-state index is 6.18. The molecule has 0 saturated carbocycles. The van der Waals surface area contributed by atoms with Gasteiger partial charge < -0.3 is 10.6 Å². The van der Waals surface area contributed by atoms with Crippen molar-refractivity contribution in [3.05, 3.63) is 26.2 Å². The van der Waals surface area contributed by atoms with Crippen LogP contribution >= 0.6 is 38.5 Å². The average molecular weight is 421 g/mol. The van der Waals surface area contributed by atoms with E-state index in [0.29, 0.717) is 18.1 Å². The van der Waals surface area contributed by atoms with Gasteiger partial charge in [-0.25, -0.2) is 0 Å². The van der Waals surface area contributed by atoms with Crippen molar-refractivity contribution in [3.63, 3.8) is 0 Å². The predicted molar refractivity (Wildman–Crippen MR) is 88.0 cm³/mol. The molecular formula is C14H18BrIN2. The van der Waals surface area contributed by atoms with Gasteiger partial charge in [-0.05, 0) is 88.8 Å². The van der Waals surface area contributed by atoms with Gasteiger partial charge in [0.2, 0.25) is 0 Å². The molecule has 2 atom stereocenters. The molecule has 0 radical (unpaired) electrons. The molecule has 2 fully saturated rings. The third kappa shape index (κ3) is 2.43. The quantitative estimate of drug-likeness (QED) is 0.698. The Bertz CT molecular complexity index is 437. The zero-order chi connectivity index (χ0) is 12.7. The van der Waals surface area contributed by atoms with Crippen LogP contribution in [0.4, 0.5) is 5.69 Å². The molecule has 2 unspecified atom stereocenters. The lowest BCUT2D eigenvalue weighted by Crippen LogP contribution is -2.55. The highest BCUT2D eigenvalue weighted by atomic mass is 127. The number of benzene rings is 1. The molecule has 2 saturated heterocycles. The van der Waals surface area contributed by atoms with Crippen LogP contribution in [-0.2, 0) is 0 Å². The highest BCUT2D eigenvalue weighted by Crippen LogP contribution is 2.38. The third-order valence-electron chi connectivity index (χ3n) is 4.21. The fraction of sp³-hybridized carbons (Fsp3) is 0.571. The Morgan fingerprint density at radius 3 is 2.50 bits per heavy atom. The highest BCUT2D eigenvalue weighted by molar-refractivity contribution is 14.1. The standard InChI is InChI=1S/C14H18BrIN2/c15-13-5-4-12(8-14(13)16)18-10-2-1-3-11(18)7-9(17)6-10/h4-5,8-11H,1-3,6-7,17H2. The minimum Gasteiger partial charge on any atom is -0.365 e. The molecule has 0 aromatic heterocycles. The van der Waals surface area contributed by atoms with Crippen LogP contribution < -0.4 is 10.6 Å². The second kappa shape index (κ2) is 5.29. The summed E-state index contributed by atoms with van der Waals surface area (Å²) in [4.78, 5) is 2.64. The third-order valence-corrected chi connectivity index (χ3v) is 6.54. The second-order valence-electron chi connectivity index (χ2n) is 5.48. The Kier molecular flexibility index (Phi) is 3.87. The number of hydrogen-bond acceptors (Lipinski definition) is 2. The molecule has 0 amide bonds. The van der Waals surface area contributed by atoms with Crippen molar-refractivity contribution in [1.82, 2.24) is 0 Å². The van der Waals surface area contributed by atoms with E-state index in [1.807, 2.05) is 0 Å². The summed E-state index contributed by atoms with van der Waals surface area (Å²) in [5.41, 5.74) is 7.56. The number of piperidine rings is 2. The van der Waals surface area contributed by atoms with E-state index >= 15 is 0 Å². The molecular weight excluding hydrogens is 403 g/mol. The van der Waals surface area contributed by atoms with Crippen LogP contribution in [0.3, 0.4) is 0 Å². The minimum atomic E-state index is 0.408. The van der Waals surface area contributed by atoms with E-state index in [4.69, 9.17) is 5.73 Å². The summed E-state index contributed by atoms with van der Waals surface area (Å²) in [5.74, 6) is 0. The number of nitrogens with zero attached hydrogens (tertiary/aromatic N) is 1. The van der Waals surface area contributed by atoms with Crippen LogP contribution in [-0.4, -0.2) is 18.1 Å². The van der Waals surface area contributed by atoms with Crippen LogP contribution in [0.5, 0.6) is 0 Å². The first kappa shape index (κ1) is 13.2. The number of rotatable bonds is 1. The van der Waals surface area contributed by atoms with Crippen molar-refractivity contribution in [2.75, 3.05) is 4.90 Å². The molecule has 2 nitrogen and oxygen atoms in total. The van der Waals surface area contributed by atoms with Crippen molar-refractivity contribution < 1.29 is 0 Å². The van der Waals surface area contributed by atoms with Gasteiger partial charge in [-0.3, -0.25) is 0 Å². The molecule has 2 N–H and O–H groups in total. The summed E-state index contributed by atoms with van der Waals surface area (Å²) in [6.45, 7) is 0. The van der Waals surface area contributed by atoms with E-state index in [1.54, 1.807) is 0 Å². The van der Waals surface area contributed by atoms with Crippen LogP contribution in [0.15, 0.2) is 22.7 Å². The summed E-state index contributed by atoms with van der Waals surface area (Å²) in [7, 11) is 0. The summed E-state index contributed by atoms with van der Waals surface area (Å²) in [6, 6.07) is 8.43. The van der Waals surface area contributed by atoms with Gasteiger partial charge in [-0.1, -0.05) is 0 Å². The first-order valence-corrected chi connectivity index (χ1v) is 8.51. The summed E-state index contributed by atoms with van der Waals surface area (Å²) >= 11 is 5.97. The number of fused-ring (bicyclic) bond motifs is 2. The zero-order valence-corrected chi connectivity index (χ0v) is 14.0. The largest absolute Gasteiger partial charge is 0.365 e. The van der Waals surface area contributed by atoms with Gasteiger partial charge in [0.15, 0.2) is 0 Å². The van der Waals surface area contributed by atoms with Gasteiger partial charge >= 0.3 is 0 Å². The Morgan fingerprint density at radius 2 is 1.89 bits per heavy atom. The van der Waals surface area contributed by atoms with E-state index in [9.17, 15) is 0 Å². The van der Waals surface area contributed by atoms with Crippen LogP contribution in [0.2, 0.25) is 0 Å². The predicted octanol–water partition coefficient (Wildman–Crippen LogP) is 3.90.